The first kappa shape index (κ1) is 10.7. The summed E-state index contributed by atoms with van der Waals surface area (Å²) in [6.45, 7) is 2.18. The van der Waals surface area contributed by atoms with Crippen LogP contribution in [0, 0.1) is 5.82 Å². The molecule has 3 heteroatoms. The monoisotopic (exact) mass is 194 g/mol. The molecule has 14 heavy (non-hydrogen) atoms. The van der Waals surface area contributed by atoms with E-state index >= 15 is 0 Å². The quantitative estimate of drug-likeness (QED) is 0.521. The number of benzene rings is 1. The van der Waals surface area contributed by atoms with Crippen LogP contribution in [0.25, 0.3) is 0 Å². The lowest BCUT2D eigenvalue weighted by molar-refractivity contribution is 0.129. The Hall–Kier alpha value is -1.38. The highest BCUT2D eigenvalue weighted by Gasteiger charge is 1.99. The van der Waals surface area contributed by atoms with Crippen LogP contribution in [0.3, 0.4) is 0 Å². The van der Waals surface area contributed by atoms with Crippen molar-refractivity contribution in [1.82, 2.24) is 0 Å². The summed E-state index contributed by atoms with van der Waals surface area (Å²) in [7, 11) is 0. The molecule has 0 aliphatic rings. The summed E-state index contributed by atoms with van der Waals surface area (Å²) in [5, 5.41) is 3.58. The van der Waals surface area contributed by atoms with Gasteiger partial charge in [0, 0.05) is 5.56 Å². The van der Waals surface area contributed by atoms with E-state index in [-0.39, 0.29) is 12.4 Å². The maximum Gasteiger partial charge on any atom is 0.145 e. The van der Waals surface area contributed by atoms with Crippen LogP contribution in [-0.2, 0) is 11.4 Å². The highest BCUT2D eigenvalue weighted by Crippen LogP contribution is 2.07. The third kappa shape index (κ3) is 3.56. The number of nitrogens with zero attached hydrogens (tertiary/aromatic N) is 1. The van der Waals surface area contributed by atoms with E-state index < -0.39 is 0 Å². The molecule has 1 radical (unpaired) electrons. The number of hydrogen-bond donors (Lipinski definition) is 0. The number of halogens is 1. The van der Waals surface area contributed by atoms with Crippen LogP contribution < -0.4 is 0 Å². The van der Waals surface area contributed by atoms with Crippen LogP contribution in [0.2, 0.25) is 0 Å². The summed E-state index contributed by atoms with van der Waals surface area (Å²) in [6.07, 6.45) is 4.45. The van der Waals surface area contributed by atoms with E-state index in [1.807, 2.05) is 6.92 Å². The van der Waals surface area contributed by atoms with Gasteiger partial charge in [0.05, 0.1) is 0 Å². The van der Waals surface area contributed by atoms with E-state index in [0.717, 1.165) is 12.8 Å². The van der Waals surface area contributed by atoms with Crippen LogP contribution in [0.5, 0.6) is 0 Å². The van der Waals surface area contributed by atoms with E-state index in [1.165, 1.54) is 6.07 Å². The molecule has 1 aromatic carbocycles. The molecule has 75 valence electrons. The SMILES string of the molecule is CCC/[C]=N/OCc1ccccc1F. The van der Waals surface area contributed by atoms with Gasteiger partial charge in [0.25, 0.3) is 0 Å². The Labute approximate surface area is 83.4 Å². The molecule has 0 spiro atoms. The van der Waals surface area contributed by atoms with Crippen LogP contribution in [-0.4, -0.2) is 6.21 Å². The van der Waals surface area contributed by atoms with E-state index in [9.17, 15) is 4.39 Å². The van der Waals surface area contributed by atoms with Crippen LogP contribution >= 0.6 is 0 Å². The van der Waals surface area contributed by atoms with Crippen molar-refractivity contribution in [3.8, 4) is 0 Å². The molecule has 1 aromatic rings. The predicted octanol–water partition coefficient (Wildman–Crippen LogP) is 3.01. The lowest BCUT2D eigenvalue weighted by atomic mass is 10.2. The molecule has 0 unspecified atom stereocenters. The molecule has 0 atom stereocenters. The topological polar surface area (TPSA) is 21.6 Å². The summed E-state index contributed by atoms with van der Waals surface area (Å²) >= 11 is 0. The fraction of sp³-hybridized carbons (Fsp3) is 0.364. The van der Waals surface area contributed by atoms with Gasteiger partial charge in [0.1, 0.15) is 18.6 Å². The van der Waals surface area contributed by atoms with Crippen molar-refractivity contribution in [2.75, 3.05) is 0 Å². The molecule has 2 nitrogen and oxygen atoms in total. The van der Waals surface area contributed by atoms with Crippen molar-refractivity contribution < 1.29 is 9.23 Å². The normalized spacial score (nSPS) is 10.7. The molecule has 0 fully saturated rings. The Kier molecular flexibility index (Phi) is 4.69. The van der Waals surface area contributed by atoms with Crippen molar-refractivity contribution in [3.05, 3.63) is 35.6 Å². The van der Waals surface area contributed by atoms with Gasteiger partial charge in [-0.15, -0.1) is 0 Å². The van der Waals surface area contributed by atoms with Crippen molar-refractivity contribution in [2.45, 2.75) is 26.4 Å². The molecule has 0 bridgehead atoms. The fourth-order valence-corrected chi connectivity index (χ4v) is 0.920. The van der Waals surface area contributed by atoms with Gasteiger partial charge in [0.15, 0.2) is 0 Å². The van der Waals surface area contributed by atoms with Crippen LogP contribution in [0.15, 0.2) is 29.4 Å². The second kappa shape index (κ2) is 6.13. The Morgan fingerprint density at radius 3 is 2.93 bits per heavy atom. The van der Waals surface area contributed by atoms with Crippen LogP contribution in [0.4, 0.5) is 4.39 Å². The van der Waals surface area contributed by atoms with Gasteiger partial charge < -0.3 is 4.84 Å². The Morgan fingerprint density at radius 1 is 1.43 bits per heavy atom. The summed E-state index contributed by atoms with van der Waals surface area (Å²) in [4.78, 5) is 4.88. The van der Waals surface area contributed by atoms with Crippen molar-refractivity contribution in [3.63, 3.8) is 0 Å². The highest BCUT2D eigenvalue weighted by atomic mass is 19.1. The average Bonchev–Trinajstić information content (AvgIpc) is 2.20. The zero-order chi connectivity index (χ0) is 10.2. The van der Waals surface area contributed by atoms with Gasteiger partial charge in [0.2, 0.25) is 0 Å². The summed E-state index contributed by atoms with van der Waals surface area (Å²) < 4.78 is 13.0. The predicted molar refractivity (Wildman–Crippen MR) is 53.5 cm³/mol. The third-order valence-electron chi connectivity index (χ3n) is 1.67. The zero-order valence-corrected chi connectivity index (χ0v) is 8.16. The first-order valence-electron chi connectivity index (χ1n) is 4.63. The molecule has 0 saturated heterocycles. The van der Waals surface area contributed by atoms with Gasteiger partial charge in [-0.05, 0) is 12.5 Å². The Bertz CT molecular complexity index is 299. The van der Waals surface area contributed by atoms with Crippen molar-refractivity contribution in [2.24, 2.45) is 5.16 Å². The van der Waals surface area contributed by atoms with Gasteiger partial charge in [-0.3, -0.25) is 0 Å². The smallest absolute Gasteiger partial charge is 0.145 e. The van der Waals surface area contributed by atoms with Gasteiger partial charge >= 0.3 is 0 Å². The van der Waals surface area contributed by atoms with Gasteiger partial charge in [-0.25, -0.2) is 4.39 Å². The second-order valence-electron chi connectivity index (χ2n) is 2.86. The minimum atomic E-state index is -0.266. The molecule has 1 rings (SSSR count). The molecule has 0 aliphatic heterocycles. The van der Waals surface area contributed by atoms with E-state index in [0.29, 0.717) is 5.56 Å². The van der Waals surface area contributed by atoms with E-state index in [4.69, 9.17) is 4.84 Å². The largest absolute Gasteiger partial charge is 0.391 e. The van der Waals surface area contributed by atoms with E-state index in [1.54, 1.807) is 18.2 Å². The number of unbranched alkanes of at least 4 members (excludes halogenated alkanes) is 1. The Balaban J connectivity index is 2.35. The number of hydrogen-bond acceptors (Lipinski definition) is 2. The second-order valence-corrected chi connectivity index (χ2v) is 2.86. The molecule has 0 heterocycles. The highest BCUT2D eigenvalue weighted by molar-refractivity contribution is 5.55. The lowest BCUT2D eigenvalue weighted by Crippen LogP contribution is -1.91. The minimum absolute atomic E-state index is 0.156. The maximum atomic E-state index is 13.0. The number of rotatable bonds is 5. The maximum absolute atomic E-state index is 13.0. The lowest BCUT2D eigenvalue weighted by Gasteiger charge is -2.00. The molecular weight excluding hydrogens is 181 g/mol. The molecule has 0 amide bonds. The fourth-order valence-electron chi connectivity index (χ4n) is 0.920. The standard InChI is InChI=1S/C11H13FNO/c1-2-3-8-13-14-9-10-6-4-5-7-11(10)12/h4-7H,2-3,9H2,1H3. The third-order valence-corrected chi connectivity index (χ3v) is 1.67. The van der Waals surface area contributed by atoms with Crippen molar-refractivity contribution in [1.29, 1.82) is 0 Å². The summed E-state index contributed by atoms with van der Waals surface area (Å²) in [5.74, 6) is -0.266. The first-order chi connectivity index (χ1) is 6.84. The first-order valence-corrected chi connectivity index (χ1v) is 4.63. The average molecular weight is 194 g/mol. The molecule has 0 aliphatic carbocycles. The molecule has 0 aromatic heterocycles. The van der Waals surface area contributed by atoms with E-state index in [2.05, 4.69) is 11.4 Å². The van der Waals surface area contributed by atoms with Gasteiger partial charge in [-0.2, -0.15) is 0 Å². The minimum Gasteiger partial charge on any atom is -0.391 e. The molecule has 0 N–H and O–H groups in total. The Morgan fingerprint density at radius 2 is 2.21 bits per heavy atom. The van der Waals surface area contributed by atoms with Crippen LogP contribution in [0.1, 0.15) is 25.3 Å². The summed E-state index contributed by atoms with van der Waals surface area (Å²) in [6, 6.07) is 6.48. The van der Waals surface area contributed by atoms with Crippen molar-refractivity contribution >= 4 is 6.21 Å². The summed E-state index contributed by atoms with van der Waals surface area (Å²) in [5.41, 5.74) is 0.509. The molecule has 0 saturated carbocycles. The van der Waals surface area contributed by atoms with Gasteiger partial charge in [-0.1, -0.05) is 36.7 Å². The molecular formula is C11H13FNO. The zero-order valence-electron chi connectivity index (χ0n) is 8.16.